The predicted molar refractivity (Wildman–Crippen MR) is 139 cm³/mol. The summed E-state index contributed by atoms with van der Waals surface area (Å²) in [5.41, 5.74) is 0.924. The first-order chi connectivity index (χ1) is 17.9. The Balaban J connectivity index is 1.61. The number of carbonyl (C=O) groups is 1. The first kappa shape index (κ1) is 27.0. The number of hydrogen-bond acceptors (Lipinski definition) is 6. The lowest BCUT2D eigenvalue weighted by molar-refractivity contribution is -0.486. The van der Waals surface area contributed by atoms with Gasteiger partial charge in [-0.25, -0.2) is 4.39 Å². The van der Waals surface area contributed by atoms with E-state index < -0.39 is 11.3 Å². The summed E-state index contributed by atoms with van der Waals surface area (Å²) in [7, 11) is 1.57. The molecular formula is C29H37FN2O5. The smallest absolute Gasteiger partial charge is 0.313 e. The normalized spacial score (nSPS) is 22.7. The SMILES string of the molecule is CCOC(=O)C1(C(C[N+](=O)[O-])c2ccc(OC)cc2)CCN(C2CCCCC2c2ccc(F)cc2)CC1. The number of benzene rings is 2. The van der Waals surface area contributed by atoms with Gasteiger partial charge >= 0.3 is 5.97 Å². The zero-order chi connectivity index (χ0) is 26.4. The van der Waals surface area contributed by atoms with E-state index in [1.54, 1.807) is 26.2 Å². The highest BCUT2D eigenvalue weighted by atomic mass is 19.1. The topological polar surface area (TPSA) is 81.9 Å². The molecule has 0 bridgehead atoms. The number of carbonyl (C=O) groups excluding carboxylic acids is 1. The van der Waals surface area contributed by atoms with Gasteiger partial charge in [0.05, 0.1) is 25.0 Å². The molecule has 2 fully saturated rings. The number of rotatable bonds is 9. The van der Waals surface area contributed by atoms with Gasteiger partial charge in [0.15, 0.2) is 0 Å². The summed E-state index contributed by atoms with van der Waals surface area (Å²) in [5.74, 6) is -0.220. The van der Waals surface area contributed by atoms with Gasteiger partial charge < -0.3 is 9.47 Å². The number of nitrogens with zero attached hydrogens (tertiary/aromatic N) is 2. The van der Waals surface area contributed by atoms with Crippen molar-refractivity contribution in [2.75, 3.05) is 33.4 Å². The zero-order valence-electron chi connectivity index (χ0n) is 21.7. The van der Waals surface area contributed by atoms with Gasteiger partial charge in [-0.1, -0.05) is 37.1 Å². The van der Waals surface area contributed by atoms with Crippen LogP contribution in [0.3, 0.4) is 0 Å². The van der Waals surface area contributed by atoms with Crippen LogP contribution >= 0.6 is 0 Å². The fourth-order valence-corrected chi connectivity index (χ4v) is 6.46. The van der Waals surface area contributed by atoms with Crippen molar-refractivity contribution in [1.82, 2.24) is 4.90 Å². The maximum Gasteiger partial charge on any atom is 0.313 e. The van der Waals surface area contributed by atoms with E-state index in [2.05, 4.69) is 4.90 Å². The molecule has 0 aromatic heterocycles. The molecule has 37 heavy (non-hydrogen) atoms. The predicted octanol–water partition coefficient (Wildman–Crippen LogP) is 5.57. The number of likely N-dealkylation sites (tertiary alicyclic amines) is 1. The monoisotopic (exact) mass is 512 g/mol. The van der Waals surface area contributed by atoms with Gasteiger partial charge in [0.1, 0.15) is 11.6 Å². The zero-order valence-corrected chi connectivity index (χ0v) is 21.7. The Hall–Kier alpha value is -3.00. The Bertz CT molecular complexity index is 1050. The molecule has 8 heteroatoms. The molecule has 200 valence electrons. The first-order valence-electron chi connectivity index (χ1n) is 13.3. The fourth-order valence-electron chi connectivity index (χ4n) is 6.46. The Labute approximate surface area is 218 Å². The van der Waals surface area contributed by atoms with E-state index in [0.717, 1.165) is 36.8 Å². The second-order valence-corrected chi connectivity index (χ2v) is 10.3. The quantitative estimate of drug-likeness (QED) is 0.248. The highest BCUT2D eigenvalue weighted by Gasteiger charge is 2.52. The van der Waals surface area contributed by atoms with E-state index in [1.807, 2.05) is 24.3 Å². The van der Waals surface area contributed by atoms with E-state index >= 15 is 0 Å². The molecule has 1 heterocycles. The Morgan fingerprint density at radius 3 is 2.35 bits per heavy atom. The van der Waals surface area contributed by atoms with Crippen molar-refractivity contribution in [3.63, 3.8) is 0 Å². The summed E-state index contributed by atoms with van der Waals surface area (Å²) in [6.45, 7) is 2.98. The Kier molecular flexibility index (Phi) is 8.79. The minimum absolute atomic E-state index is 0.230. The van der Waals surface area contributed by atoms with Crippen LogP contribution in [0, 0.1) is 21.3 Å². The third-order valence-corrected chi connectivity index (χ3v) is 8.39. The summed E-state index contributed by atoms with van der Waals surface area (Å²) in [5, 5.41) is 11.8. The van der Waals surface area contributed by atoms with Gasteiger partial charge in [0.2, 0.25) is 6.54 Å². The molecular weight excluding hydrogens is 475 g/mol. The van der Waals surface area contributed by atoms with Crippen molar-refractivity contribution in [1.29, 1.82) is 0 Å². The van der Waals surface area contributed by atoms with Crippen molar-refractivity contribution in [2.24, 2.45) is 5.41 Å². The average Bonchev–Trinajstić information content (AvgIpc) is 2.92. The van der Waals surface area contributed by atoms with Crippen LogP contribution < -0.4 is 4.74 Å². The highest BCUT2D eigenvalue weighted by Crippen LogP contribution is 2.48. The lowest BCUT2D eigenvalue weighted by Gasteiger charge is -2.48. The van der Waals surface area contributed by atoms with Crippen LogP contribution in [-0.4, -0.2) is 55.2 Å². The van der Waals surface area contributed by atoms with Crippen molar-refractivity contribution < 1.29 is 23.6 Å². The third kappa shape index (κ3) is 5.95. The molecule has 0 radical (unpaired) electrons. The van der Waals surface area contributed by atoms with E-state index in [0.29, 0.717) is 43.6 Å². The molecule has 3 atom stereocenters. The number of piperidine rings is 1. The number of nitro groups is 1. The summed E-state index contributed by atoms with van der Waals surface area (Å²) in [6, 6.07) is 14.4. The van der Waals surface area contributed by atoms with Gasteiger partial charge in [-0.05, 0) is 87.0 Å². The lowest BCUT2D eigenvalue weighted by atomic mass is 9.65. The van der Waals surface area contributed by atoms with Crippen molar-refractivity contribution in [2.45, 2.75) is 63.3 Å². The standard InChI is InChI=1S/C29H37FN2O5/c1-3-37-28(33)29(26(20-32(34)35)22-10-14-24(36-2)15-11-22)16-18-31(19-17-29)27-7-5-4-6-25(27)21-8-12-23(30)13-9-21/h8-15,25-27H,3-7,16-20H2,1-2H3. The van der Waals surface area contributed by atoms with Crippen LogP contribution in [-0.2, 0) is 9.53 Å². The van der Waals surface area contributed by atoms with Gasteiger partial charge in [-0.15, -0.1) is 0 Å². The molecule has 1 aliphatic carbocycles. The summed E-state index contributed by atoms with van der Waals surface area (Å²) in [4.78, 5) is 27.4. The van der Waals surface area contributed by atoms with Crippen molar-refractivity contribution in [3.05, 3.63) is 75.6 Å². The number of hydrogen-bond donors (Lipinski definition) is 0. The lowest BCUT2D eigenvalue weighted by Crippen LogP contribution is -2.53. The van der Waals surface area contributed by atoms with Crippen LogP contribution in [0.1, 0.15) is 68.4 Å². The van der Waals surface area contributed by atoms with Gasteiger partial charge in [-0.2, -0.15) is 0 Å². The van der Waals surface area contributed by atoms with E-state index in [-0.39, 0.29) is 29.9 Å². The molecule has 1 aliphatic heterocycles. The molecule has 0 amide bonds. The Morgan fingerprint density at radius 1 is 1.11 bits per heavy atom. The minimum atomic E-state index is -0.978. The van der Waals surface area contributed by atoms with E-state index in [4.69, 9.17) is 9.47 Å². The van der Waals surface area contributed by atoms with Gasteiger partial charge in [-0.3, -0.25) is 19.8 Å². The first-order valence-corrected chi connectivity index (χ1v) is 13.3. The summed E-state index contributed by atoms with van der Waals surface area (Å²) >= 11 is 0. The van der Waals surface area contributed by atoms with Crippen molar-refractivity contribution in [3.8, 4) is 5.75 Å². The van der Waals surface area contributed by atoms with Crippen LogP contribution in [0.15, 0.2) is 48.5 Å². The second kappa shape index (κ2) is 12.0. The van der Waals surface area contributed by atoms with Crippen LogP contribution in [0.4, 0.5) is 4.39 Å². The average molecular weight is 513 g/mol. The molecule has 2 aliphatic rings. The number of methoxy groups -OCH3 is 1. The highest BCUT2D eigenvalue weighted by molar-refractivity contribution is 5.78. The number of ether oxygens (including phenoxy) is 2. The molecule has 4 rings (SSSR count). The van der Waals surface area contributed by atoms with Gasteiger partial charge in [0, 0.05) is 11.0 Å². The summed E-state index contributed by atoms with van der Waals surface area (Å²) in [6.07, 6.45) is 5.35. The van der Waals surface area contributed by atoms with E-state index in [9.17, 15) is 19.3 Å². The molecule has 1 saturated heterocycles. The molecule has 7 nitrogen and oxygen atoms in total. The third-order valence-electron chi connectivity index (χ3n) is 8.39. The Morgan fingerprint density at radius 2 is 1.76 bits per heavy atom. The fraction of sp³-hybridized carbons (Fsp3) is 0.552. The largest absolute Gasteiger partial charge is 0.497 e. The number of halogens is 1. The molecule has 2 aromatic rings. The number of esters is 1. The molecule has 2 aromatic carbocycles. The van der Waals surface area contributed by atoms with Crippen LogP contribution in [0.25, 0.3) is 0 Å². The van der Waals surface area contributed by atoms with Crippen molar-refractivity contribution >= 4 is 5.97 Å². The second-order valence-electron chi connectivity index (χ2n) is 10.3. The van der Waals surface area contributed by atoms with E-state index in [1.165, 1.54) is 12.1 Å². The summed E-state index contributed by atoms with van der Waals surface area (Å²) < 4.78 is 24.4. The van der Waals surface area contributed by atoms with Crippen LogP contribution in [0.2, 0.25) is 0 Å². The maximum atomic E-state index is 13.6. The molecule has 0 spiro atoms. The molecule has 1 saturated carbocycles. The minimum Gasteiger partial charge on any atom is -0.497 e. The van der Waals surface area contributed by atoms with Gasteiger partial charge in [0.25, 0.3) is 0 Å². The molecule has 3 unspecified atom stereocenters. The maximum absolute atomic E-state index is 13.6. The van der Waals surface area contributed by atoms with Crippen LogP contribution in [0.5, 0.6) is 5.75 Å². The molecule has 0 N–H and O–H groups in total.